The van der Waals surface area contributed by atoms with Crippen molar-refractivity contribution in [3.8, 4) is 6.07 Å². The quantitative estimate of drug-likeness (QED) is 0.803. The van der Waals surface area contributed by atoms with Gasteiger partial charge in [-0.2, -0.15) is 5.26 Å². The molecule has 0 atom stereocenters. The second-order valence-corrected chi connectivity index (χ2v) is 5.04. The number of nitrogens with zero attached hydrogens (tertiary/aromatic N) is 4. The third kappa shape index (κ3) is 2.49. The van der Waals surface area contributed by atoms with Crippen molar-refractivity contribution in [3.05, 3.63) is 58.7 Å². The highest BCUT2D eigenvalue weighted by molar-refractivity contribution is 9.10. The minimum absolute atomic E-state index is 0.642. The highest BCUT2D eigenvalue weighted by Gasteiger charge is 2.04. The largest absolute Gasteiger partial charge is 0.379 e. The summed E-state index contributed by atoms with van der Waals surface area (Å²) in [6.45, 7) is 0.642. The lowest BCUT2D eigenvalue weighted by Gasteiger charge is -2.06. The maximum Gasteiger partial charge on any atom is 0.155 e. The minimum Gasteiger partial charge on any atom is -0.379 e. The van der Waals surface area contributed by atoms with E-state index in [0.717, 1.165) is 21.6 Å². The number of nitriles is 1. The Morgan fingerprint density at radius 3 is 2.75 bits per heavy atom. The number of anilines is 1. The molecule has 6 heteroatoms. The van der Waals surface area contributed by atoms with Crippen LogP contribution in [0.3, 0.4) is 0 Å². The van der Waals surface area contributed by atoms with Crippen molar-refractivity contribution >= 4 is 27.3 Å². The molecule has 2 heterocycles. The molecule has 0 aliphatic rings. The molecule has 20 heavy (non-hydrogen) atoms. The van der Waals surface area contributed by atoms with Crippen LogP contribution < -0.4 is 5.32 Å². The van der Waals surface area contributed by atoms with E-state index in [1.54, 1.807) is 18.3 Å². The van der Waals surface area contributed by atoms with Crippen LogP contribution in [0.15, 0.2) is 47.5 Å². The van der Waals surface area contributed by atoms with Crippen molar-refractivity contribution in [2.45, 2.75) is 6.54 Å². The predicted molar refractivity (Wildman–Crippen MR) is 79.2 cm³/mol. The van der Waals surface area contributed by atoms with E-state index in [-0.39, 0.29) is 0 Å². The Morgan fingerprint density at radius 1 is 1.20 bits per heavy atom. The monoisotopic (exact) mass is 327 g/mol. The molecule has 98 valence electrons. The molecule has 3 rings (SSSR count). The maximum atomic E-state index is 8.76. The smallest absolute Gasteiger partial charge is 0.155 e. The summed E-state index contributed by atoms with van der Waals surface area (Å²) in [5.74, 6) is 0. The molecule has 1 N–H and O–H groups in total. The van der Waals surface area contributed by atoms with Gasteiger partial charge in [-0.1, -0.05) is 0 Å². The first-order chi connectivity index (χ1) is 9.76. The van der Waals surface area contributed by atoms with E-state index in [2.05, 4.69) is 37.3 Å². The van der Waals surface area contributed by atoms with Crippen LogP contribution in [0.4, 0.5) is 5.69 Å². The summed E-state index contributed by atoms with van der Waals surface area (Å²) in [4.78, 5) is 8.44. The molecule has 0 saturated heterocycles. The molecule has 2 aromatic heterocycles. The molecular weight excluding hydrogens is 318 g/mol. The van der Waals surface area contributed by atoms with E-state index < -0.39 is 0 Å². The van der Waals surface area contributed by atoms with E-state index in [4.69, 9.17) is 5.26 Å². The molecule has 0 radical (unpaired) electrons. The van der Waals surface area contributed by atoms with Crippen molar-refractivity contribution < 1.29 is 0 Å². The Kier molecular flexibility index (Phi) is 3.35. The van der Waals surface area contributed by atoms with E-state index in [1.165, 1.54) is 0 Å². The number of benzene rings is 1. The van der Waals surface area contributed by atoms with Gasteiger partial charge < -0.3 is 5.32 Å². The van der Waals surface area contributed by atoms with Crippen LogP contribution in [-0.2, 0) is 6.54 Å². The lowest BCUT2D eigenvalue weighted by atomic mass is 10.2. The van der Waals surface area contributed by atoms with Crippen molar-refractivity contribution in [1.82, 2.24) is 14.4 Å². The average molecular weight is 328 g/mol. The van der Waals surface area contributed by atoms with E-state index >= 15 is 0 Å². The summed E-state index contributed by atoms with van der Waals surface area (Å²) in [6.07, 6.45) is 5.42. The summed E-state index contributed by atoms with van der Waals surface area (Å²) in [5, 5.41) is 12.1. The van der Waals surface area contributed by atoms with Gasteiger partial charge in [-0.05, 0) is 40.2 Å². The fourth-order valence-corrected chi connectivity index (χ4v) is 2.21. The average Bonchev–Trinajstić information content (AvgIpc) is 2.88. The summed E-state index contributed by atoms with van der Waals surface area (Å²) < 4.78 is 2.75. The zero-order valence-corrected chi connectivity index (χ0v) is 12.0. The van der Waals surface area contributed by atoms with Gasteiger partial charge in [0.1, 0.15) is 4.60 Å². The fourth-order valence-electron chi connectivity index (χ4n) is 1.90. The fraction of sp³-hybridized carbons (Fsp3) is 0.0714. The maximum absolute atomic E-state index is 8.76. The number of imidazole rings is 1. The summed E-state index contributed by atoms with van der Waals surface area (Å²) in [6, 6.07) is 9.45. The Bertz CT molecular complexity index is 785. The molecule has 0 saturated carbocycles. The highest BCUT2D eigenvalue weighted by Crippen LogP contribution is 2.13. The van der Waals surface area contributed by atoms with Crippen LogP contribution in [0.2, 0.25) is 0 Å². The van der Waals surface area contributed by atoms with Gasteiger partial charge in [0.25, 0.3) is 0 Å². The summed E-state index contributed by atoms with van der Waals surface area (Å²) in [5.41, 5.74) is 3.46. The Balaban J connectivity index is 1.79. The number of hydrogen-bond donors (Lipinski definition) is 1. The lowest BCUT2D eigenvalue weighted by molar-refractivity contribution is 0.983. The van der Waals surface area contributed by atoms with Gasteiger partial charge in [0.15, 0.2) is 5.65 Å². The van der Waals surface area contributed by atoms with Gasteiger partial charge >= 0.3 is 0 Å². The first-order valence-electron chi connectivity index (χ1n) is 5.98. The predicted octanol–water partition coefficient (Wildman–Crippen LogP) is 2.98. The van der Waals surface area contributed by atoms with Crippen molar-refractivity contribution in [2.24, 2.45) is 0 Å². The molecule has 0 spiro atoms. The second kappa shape index (κ2) is 5.31. The Hall–Kier alpha value is -2.39. The van der Waals surface area contributed by atoms with E-state index in [0.29, 0.717) is 12.1 Å². The summed E-state index contributed by atoms with van der Waals surface area (Å²) in [7, 11) is 0. The van der Waals surface area contributed by atoms with Gasteiger partial charge in [0.2, 0.25) is 0 Å². The van der Waals surface area contributed by atoms with Gasteiger partial charge in [-0.25, -0.2) is 9.97 Å². The molecule has 5 nitrogen and oxygen atoms in total. The molecule has 0 amide bonds. The van der Waals surface area contributed by atoms with Gasteiger partial charge in [0, 0.05) is 11.9 Å². The van der Waals surface area contributed by atoms with Gasteiger partial charge in [0.05, 0.1) is 36.3 Å². The summed E-state index contributed by atoms with van der Waals surface area (Å²) >= 11 is 3.35. The lowest BCUT2D eigenvalue weighted by Crippen LogP contribution is -2.02. The van der Waals surface area contributed by atoms with Crippen LogP contribution in [-0.4, -0.2) is 14.4 Å². The highest BCUT2D eigenvalue weighted by atomic mass is 79.9. The zero-order valence-electron chi connectivity index (χ0n) is 10.4. The first kappa shape index (κ1) is 12.6. The Morgan fingerprint density at radius 2 is 2.00 bits per heavy atom. The first-order valence-corrected chi connectivity index (χ1v) is 6.77. The van der Waals surface area contributed by atoms with E-state index in [9.17, 15) is 0 Å². The van der Waals surface area contributed by atoms with Gasteiger partial charge in [-0.15, -0.1) is 0 Å². The second-order valence-electron chi connectivity index (χ2n) is 4.23. The molecule has 0 fully saturated rings. The zero-order chi connectivity index (χ0) is 13.9. The number of hydrogen-bond acceptors (Lipinski definition) is 4. The van der Waals surface area contributed by atoms with Gasteiger partial charge in [-0.3, -0.25) is 4.40 Å². The molecule has 3 aromatic rings. The standard InChI is InChI=1S/C14H10BrN5/c15-13-9-20-12(7-19-14(20)8-18-13)6-17-11-3-1-10(5-16)2-4-11/h1-4,7-9,17H,6H2. The van der Waals surface area contributed by atoms with Crippen molar-refractivity contribution in [1.29, 1.82) is 5.26 Å². The number of nitrogens with one attached hydrogen (secondary N) is 1. The number of aromatic nitrogens is 3. The third-order valence-electron chi connectivity index (χ3n) is 2.93. The van der Waals surface area contributed by atoms with Crippen molar-refractivity contribution in [2.75, 3.05) is 5.32 Å². The van der Waals surface area contributed by atoms with Crippen LogP contribution >= 0.6 is 15.9 Å². The topological polar surface area (TPSA) is 66.0 Å². The normalized spacial score (nSPS) is 10.4. The molecular formula is C14H10BrN5. The van der Waals surface area contributed by atoms with Crippen LogP contribution in [0.1, 0.15) is 11.3 Å². The molecule has 0 aliphatic carbocycles. The van der Waals surface area contributed by atoms with Crippen molar-refractivity contribution in [3.63, 3.8) is 0 Å². The van der Waals surface area contributed by atoms with E-state index in [1.807, 2.05) is 28.9 Å². The molecule has 0 aliphatic heterocycles. The third-order valence-corrected chi connectivity index (χ3v) is 3.34. The number of fused-ring (bicyclic) bond motifs is 1. The minimum atomic E-state index is 0.642. The van der Waals surface area contributed by atoms with Crippen LogP contribution in [0.5, 0.6) is 0 Å². The Labute approximate surface area is 124 Å². The molecule has 0 unspecified atom stereocenters. The van der Waals surface area contributed by atoms with Crippen LogP contribution in [0, 0.1) is 11.3 Å². The SMILES string of the molecule is N#Cc1ccc(NCc2cnc3cnc(Br)cn23)cc1. The number of halogens is 1. The number of rotatable bonds is 3. The van der Waals surface area contributed by atoms with Crippen LogP contribution in [0.25, 0.3) is 5.65 Å². The molecule has 0 bridgehead atoms. The molecule has 1 aromatic carbocycles.